The first kappa shape index (κ1) is 13.5. The standard InChI is InChI=1S/C14H16FNO3/c15-12-3-1-2-4-13(12)19-10-7-14(18)16-8-5-11(17)6-9-16/h1-4H,5-10H2. The number of para-hydroxylation sites is 1. The number of halogens is 1. The van der Waals surface area contributed by atoms with Crippen molar-refractivity contribution in [2.45, 2.75) is 19.3 Å². The van der Waals surface area contributed by atoms with E-state index in [2.05, 4.69) is 0 Å². The number of nitrogens with zero attached hydrogens (tertiary/aromatic N) is 1. The van der Waals surface area contributed by atoms with Crippen LogP contribution in [0.25, 0.3) is 0 Å². The molecule has 19 heavy (non-hydrogen) atoms. The van der Waals surface area contributed by atoms with E-state index in [0.717, 1.165) is 0 Å². The van der Waals surface area contributed by atoms with Crippen LogP contribution in [0, 0.1) is 5.82 Å². The zero-order chi connectivity index (χ0) is 13.7. The molecular formula is C14H16FNO3. The molecule has 0 aliphatic carbocycles. The van der Waals surface area contributed by atoms with E-state index in [1.807, 2.05) is 0 Å². The maximum Gasteiger partial charge on any atom is 0.226 e. The van der Waals surface area contributed by atoms with Gasteiger partial charge in [0.2, 0.25) is 5.91 Å². The highest BCUT2D eigenvalue weighted by molar-refractivity contribution is 5.83. The van der Waals surface area contributed by atoms with Crippen LogP contribution in [-0.4, -0.2) is 36.3 Å². The molecule has 1 saturated heterocycles. The Labute approximate surface area is 111 Å². The number of likely N-dealkylation sites (tertiary alicyclic amines) is 1. The lowest BCUT2D eigenvalue weighted by atomic mass is 10.1. The van der Waals surface area contributed by atoms with Gasteiger partial charge in [0.25, 0.3) is 0 Å². The Hall–Kier alpha value is -1.91. The average Bonchev–Trinajstić information content (AvgIpc) is 2.41. The number of hydrogen-bond donors (Lipinski definition) is 0. The maximum absolute atomic E-state index is 13.3. The molecule has 0 atom stereocenters. The minimum absolute atomic E-state index is 0.0520. The molecule has 0 bridgehead atoms. The van der Waals surface area contributed by atoms with Gasteiger partial charge >= 0.3 is 0 Å². The average molecular weight is 265 g/mol. The van der Waals surface area contributed by atoms with Crippen molar-refractivity contribution in [3.63, 3.8) is 0 Å². The van der Waals surface area contributed by atoms with E-state index in [9.17, 15) is 14.0 Å². The molecule has 0 radical (unpaired) electrons. The fraction of sp³-hybridized carbons (Fsp3) is 0.429. The number of carbonyl (C=O) groups is 2. The molecule has 1 fully saturated rings. The fourth-order valence-electron chi connectivity index (χ4n) is 1.97. The summed E-state index contributed by atoms with van der Waals surface area (Å²) in [5, 5.41) is 0. The highest BCUT2D eigenvalue weighted by Gasteiger charge is 2.20. The topological polar surface area (TPSA) is 46.6 Å². The Morgan fingerprint density at radius 2 is 1.95 bits per heavy atom. The Morgan fingerprint density at radius 1 is 1.26 bits per heavy atom. The third kappa shape index (κ3) is 3.77. The minimum atomic E-state index is -0.432. The molecule has 1 aromatic rings. The van der Waals surface area contributed by atoms with Crippen molar-refractivity contribution in [2.75, 3.05) is 19.7 Å². The predicted octanol–water partition coefficient (Wildman–Crippen LogP) is 1.79. The molecule has 102 valence electrons. The molecular weight excluding hydrogens is 249 g/mol. The first-order valence-corrected chi connectivity index (χ1v) is 6.33. The molecule has 0 N–H and O–H groups in total. The van der Waals surface area contributed by atoms with Gasteiger partial charge in [0, 0.05) is 25.9 Å². The SMILES string of the molecule is O=C1CCN(C(=O)CCOc2ccccc2F)CC1. The van der Waals surface area contributed by atoms with Crippen molar-refractivity contribution >= 4 is 11.7 Å². The molecule has 5 heteroatoms. The van der Waals surface area contributed by atoms with Gasteiger partial charge in [-0.15, -0.1) is 0 Å². The molecule has 0 spiro atoms. The number of benzene rings is 1. The van der Waals surface area contributed by atoms with Crippen LogP contribution in [0.1, 0.15) is 19.3 Å². The summed E-state index contributed by atoms with van der Waals surface area (Å²) in [6, 6.07) is 6.10. The van der Waals surface area contributed by atoms with Crippen molar-refractivity contribution in [1.82, 2.24) is 4.90 Å². The lowest BCUT2D eigenvalue weighted by molar-refractivity contribution is -0.134. The van der Waals surface area contributed by atoms with Crippen LogP contribution in [0.3, 0.4) is 0 Å². The van der Waals surface area contributed by atoms with Gasteiger partial charge in [-0.25, -0.2) is 4.39 Å². The molecule has 1 aliphatic rings. The third-order valence-corrected chi connectivity index (χ3v) is 3.08. The van der Waals surface area contributed by atoms with Gasteiger partial charge in [-0.3, -0.25) is 9.59 Å². The summed E-state index contributed by atoms with van der Waals surface area (Å²) < 4.78 is 18.5. The minimum Gasteiger partial charge on any atom is -0.490 e. The highest BCUT2D eigenvalue weighted by Crippen LogP contribution is 2.15. The Morgan fingerprint density at radius 3 is 2.63 bits per heavy atom. The van der Waals surface area contributed by atoms with Gasteiger partial charge in [-0.05, 0) is 12.1 Å². The first-order chi connectivity index (χ1) is 9.16. The predicted molar refractivity (Wildman–Crippen MR) is 67.3 cm³/mol. The van der Waals surface area contributed by atoms with Crippen LogP contribution in [0.2, 0.25) is 0 Å². The van der Waals surface area contributed by atoms with Gasteiger partial charge < -0.3 is 9.64 Å². The number of rotatable bonds is 4. The summed E-state index contributed by atoms with van der Waals surface area (Å²) in [4.78, 5) is 24.5. The van der Waals surface area contributed by atoms with Gasteiger partial charge in [0.05, 0.1) is 13.0 Å². The van der Waals surface area contributed by atoms with Gasteiger partial charge in [0.1, 0.15) is 5.78 Å². The Bertz CT molecular complexity index is 466. The fourth-order valence-corrected chi connectivity index (χ4v) is 1.97. The highest BCUT2D eigenvalue weighted by atomic mass is 19.1. The van der Waals surface area contributed by atoms with Crippen LogP contribution in [0.15, 0.2) is 24.3 Å². The number of carbonyl (C=O) groups excluding carboxylic acids is 2. The summed E-state index contributed by atoms with van der Waals surface area (Å²) in [5.41, 5.74) is 0. The second kappa shape index (κ2) is 6.31. The van der Waals surface area contributed by atoms with Crippen LogP contribution in [-0.2, 0) is 9.59 Å². The van der Waals surface area contributed by atoms with E-state index in [4.69, 9.17) is 4.74 Å². The number of ketones is 1. The van der Waals surface area contributed by atoms with Crippen molar-refractivity contribution in [3.05, 3.63) is 30.1 Å². The van der Waals surface area contributed by atoms with E-state index in [1.54, 1.807) is 17.0 Å². The van der Waals surface area contributed by atoms with Crippen LogP contribution in [0.5, 0.6) is 5.75 Å². The molecule has 1 aliphatic heterocycles. The molecule has 1 aromatic carbocycles. The summed E-state index contributed by atoms with van der Waals surface area (Å²) in [6.45, 7) is 1.11. The van der Waals surface area contributed by atoms with Crippen molar-refractivity contribution in [2.24, 2.45) is 0 Å². The maximum atomic E-state index is 13.3. The molecule has 0 unspecified atom stereocenters. The normalized spacial score (nSPS) is 15.4. The van der Waals surface area contributed by atoms with E-state index < -0.39 is 5.82 Å². The summed E-state index contributed by atoms with van der Waals surface area (Å²) >= 11 is 0. The second-order valence-electron chi connectivity index (χ2n) is 4.45. The summed E-state index contributed by atoms with van der Waals surface area (Å²) in [7, 11) is 0. The number of amides is 1. The van der Waals surface area contributed by atoms with Crippen molar-refractivity contribution in [3.8, 4) is 5.75 Å². The quantitative estimate of drug-likeness (QED) is 0.833. The third-order valence-electron chi connectivity index (χ3n) is 3.08. The lowest BCUT2D eigenvalue weighted by Crippen LogP contribution is -2.39. The van der Waals surface area contributed by atoms with E-state index >= 15 is 0 Å². The monoisotopic (exact) mass is 265 g/mol. The van der Waals surface area contributed by atoms with Gasteiger partial charge in [0.15, 0.2) is 11.6 Å². The van der Waals surface area contributed by atoms with Crippen molar-refractivity contribution in [1.29, 1.82) is 0 Å². The molecule has 0 aromatic heterocycles. The van der Waals surface area contributed by atoms with Crippen molar-refractivity contribution < 1.29 is 18.7 Å². The number of piperidine rings is 1. The van der Waals surface area contributed by atoms with Crippen LogP contribution >= 0.6 is 0 Å². The Balaban J connectivity index is 1.75. The molecule has 2 rings (SSSR count). The van der Waals surface area contributed by atoms with Crippen LogP contribution in [0.4, 0.5) is 4.39 Å². The van der Waals surface area contributed by atoms with E-state index in [0.29, 0.717) is 25.9 Å². The molecule has 1 amide bonds. The second-order valence-corrected chi connectivity index (χ2v) is 4.45. The zero-order valence-electron chi connectivity index (χ0n) is 10.6. The largest absolute Gasteiger partial charge is 0.490 e. The van der Waals surface area contributed by atoms with Crippen LogP contribution < -0.4 is 4.74 Å². The molecule has 0 saturated carbocycles. The van der Waals surface area contributed by atoms with Gasteiger partial charge in [-0.1, -0.05) is 12.1 Å². The summed E-state index contributed by atoms with van der Waals surface area (Å²) in [5.74, 6) is -0.127. The van der Waals surface area contributed by atoms with E-state index in [-0.39, 0.29) is 30.5 Å². The summed E-state index contributed by atoms with van der Waals surface area (Å²) in [6.07, 6.45) is 1.06. The zero-order valence-corrected chi connectivity index (χ0v) is 10.6. The number of Topliss-reactive ketones (excluding diaryl/α,β-unsaturated/α-hetero) is 1. The molecule has 4 nitrogen and oxygen atoms in total. The van der Waals surface area contributed by atoms with E-state index in [1.165, 1.54) is 12.1 Å². The lowest BCUT2D eigenvalue weighted by Gasteiger charge is -2.26. The number of hydrogen-bond acceptors (Lipinski definition) is 3. The smallest absolute Gasteiger partial charge is 0.226 e. The molecule has 1 heterocycles. The van der Waals surface area contributed by atoms with Gasteiger partial charge in [-0.2, -0.15) is 0 Å². The number of ether oxygens (including phenoxy) is 1. The first-order valence-electron chi connectivity index (χ1n) is 6.33. The Kier molecular flexibility index (Phi) is 4.49.